The van der Waals surface area contributed by atoms with Crippen molar-refractivity contribution in [1.82, 2.24) is 24.7 Å². The molecule has 2 N–H and O–H groups in total. The minimum absolute atomic E-state index is 0.0369. The van der Waals surface area contributed by atoms with Gasteiger partial charge in [0.05, 0.1) is 11.7 Å². The molecule has 3 atom stereocenters. The molecule has 1 saturated heterocycles. The van der Waals surface area contributed by atoms with Gasteiger partial charge < -0.3 is 15.1 Å². The number of hydrogen-bond donors (Lipinski definition) is 2. The van der Waals surface area contributed by atoms with E-state index < -0.39 is 41.6 Å². The smallest absolute Gasteiger partial charge is 0.433 e. The Kier molecular flexibility index (Phi) is 9.65. The van der Waals surface area contributed by atoms with E-state index in [1.54, 1.807) is 30.6 Å². The average Bonchev–Trinajstić information content (AvgIpc) is 2.89. The molecular formula is C30H39F4N5O4. The summed E-state index contributed by atoms with van der Waals surface area (Å²) in [5, 5.41) is 21.5. The topological polar surface area (TPSA) is 110 Å². The standard InChI is InChI=1S/C30H39F4N5O4/c1-18-5-10-25(40)38(15-18)16-21(39(28(42)43)29(2,3)4)14-26(41)37-12-11-22-23(17-37)35-24(36-27(22)30(32,33)34)13-19-6-8-20(31)9-7-19/h6-9,18,21,26,41H,5,10-17H2,1-4H3,(H,42,43)/t18-,21+,26?/m1/s1. The third-order valence-electron chi connectivity index (χ3n) is 8.05. The van der Waals surface area contributed by atoms with Crippen LogP contribution < -0.4 is 0 Å². The molecule has 1 aromatic carbocycles. The van der Waals surface area contributed by atoms with Gasteiger partial charge in [-0.15, -0.1) is 0 Å². The van der Waals surface area contributed by atoms with Crippen LogP contribution in [0.4, 0.5) is 22.4 Å². The number of aliphatic hydroxyl groups excluding tert-OH is 1. The van der Waals surface area contributed by atoms with Crippen LogP contribution in [-0.4, -0.2) is 84.3 Å². The van der Waals surface area contributed by atoms with E-state index in [1.807, 2.05) is 6.92 Å². The van der Waals surface area contributed by atoms with Crippen LogP contribution in [0.3, 0.4) is 0 Å². The fraction of sp³-hybridized carbons (Fsp3) is 0.600. The van der Waals surface area contributed by atoms with Crippen LogP contribution in [0.15, 0.2) is 24.3 Å². The molecule has 2 aliphatic heterocycles. The summed E-state index contributed by atoms with van der Waals surface area (Å²) in [5.74, 6) is -0.370. The van der Waals surface area contributed by atoms with Gasteiger partial charge in [-0.25, -0.2) is 19.2 Å². The van der Waals surface area contributed by atoms with E-state index in [0.29, 0.717) is 18.5 Å². The second kappa shape index (κ2) is 12.7. The van der Waals surface area contributed by atoms with Crippen LogP contribution in [-0.2, 0) is 30.4 Å². The molecule has 3 heterocycles. The zero-order valence-corrected chi connectivity index (χ0v) is 24.9. The first-order valence-corrected chi connectivity index (χ1v) is 14.5. The molecule has 2 aliphatic rings. The molecule has 0 spiro atoms. The van der Waals surface area contributed by atoms with Crippen molar-refractivity contribution >= 4 is 12.0 Å². The highest BCUT2D eigenvalue weighted by atomic mass is 19.4. The fourth-order valence-electron chi connectivity index (χ4n) is 6.03. The zero-order valence-electron chi connectivity index (χ0n) is 24.9. The van der Waals surface area contributed by atoms with Crippen molar-refractivity contribution < 1.29 is 37.4 Å². The van der Waals surface area contributed by atoms with Crippen LogP contribution in [0, 0.1) is 11.7 Å². The molecule has 0 aliphatic carbocycles. The highest BCUT2D eigenvalue weighted by Crippen LogP contribution is 2.35. The number of hydrogen-bond acceptors (Lipinski definition) is 6. The molecule has 0 saturated carbocycles. The Hall–Kier alpha value is -3.32. The van der Waals surface area contributed by atoms with E-state index in [4.69, 9.17) is 0 Å². The van der Waals surface area contributed by atoms with Crippen LogP contribution in [0.1, 0.15) is 75.3 Å². The van der Waals surface area contributed by atoms with E-state index in [2.05, 4.69) is 9.97 Å². The first kappa shape index (κ1) is 32.6. The number of nitrogens with zero attached hydrogens (tertiary/aromatic N) is 5. The predicted octanol–water partition coefficient (Wildman–Crippen LogP) is 4.70. The number of aliphatic hydroxyl groups is 1. The number of carbonyl (C=O) groups is 2. The summed E-state index contributed by atoms with van der Waals surface area (Å²) in [7, 11) is 0. The van der Waals surface area contributed by atoms with Crippen molar-refractivity contribution in [2.75, 3.05) is 19.6 Å². The number of likely N-dealkylation sites (tertiary alicyclic amines) is 1. The number of aromatic nitrogens is 2. The van der Waals surface area contributed by atoms with Crippen molar-refractivity contribution in [2.45, 2.75) is 90.3 Å². The molecule has 1 unspecified atom stereocenters. The minimum atomic E-state index is -4.72. The number of halogens is 4. The minimum Gasteiger partial charge on any atom is -0.465 e. The first-order chi connectivity index (χ1) is 20.0. The second-order valence-corrected chi connectivity index (χ2v) is 12.6. The SMILES string of the molecule is C[C@@H]1CCC(=O)N(C[C@H](CC(O)N2CCc3c(nc(Cc4ccc(F)cc4)nc3C(F)(F)F)C2)N(C(=O)O)C(C)(C)C)C1. The maximum Gasteiger partial charge on any atom is 0.433 e. The van der Waals surface area contributed by atoms with Gasteiger partial charge >= 0.3 is 12.3 Å². The van der Waals surface area contributed by atoms with Crippen molar-refractivity contribution in [3.8, 4) is 0 Å². The van der Waals surface area contributed by atoms with Crippen molar-refractivity contribution in [3.63, 3.8) is 0 Å². The normalized spacial score (nSPS) is 19.6. The van der Waals surface area contributed by atoms with Crippen molar-refractivity contribution in [1.29, 1.82) is 0 Å². The lowest BCUT2D eigenvalue weighted by Crippen LogP contribution is -2.58. The maximum atomic E-state index is 14.0. The van der Waals surface area contributed by atoms with E-state index in [1.165, 1.54) is 29.2 Å². The van der Waals surface area contributed by atoms with Gasteiger partial charge in [0.1, 0.15) is 17.9 Å². The number of carbonyl (C=O) groups excluding carboxylic acids is 1. The van der Waals surface area contributed by atoms with Crippen LogP contribution in [0.5, 0.6) is 0 Å². The number of rotatable bonds is 8. The Bertz CT molecular complexity index is 1320. The third kappa shape index (κ3) is 7.99. The molecule has 2 aromatic rings. The fourth-order valence-corrected chi connectivity index (χ4v) is 6.03. The molecule has 4 rings (SSSR count). The lowest BCUT2D eigenvalue weighted by molar-refractivity contribution is -0.142. The zero-order chi connectivity index (χ0) is 31.7. The molecule has 13 heteroatoms. The molecule has 236 valence electrons. The first-order valence-electron chi connectivity index (χ1n) is 14.5. The van der Waals surface area contributed by atoms with Gasteiger partial charge in [-0.2, -0.15) is 13.2 Å². The van der Waals surface area contributed by atoms with E-state index in [9.17, 15) is 37.4 Å². The van der Waals surface area contributed by atoms with Gasteiger partial charge in [-0.1, -0.05) is 19.1 Å². The van der Waals surface area contributed by atoms with Crippen LogP contribution >= 0.6 is 0 Å². The monoisotopic (exact) mass is 609 g/mol. The quantitative estimate of drug-likeness (QED) is 0.418. The number of amides is 2. The van der Waals surface area contributed by atoms with E-state index >= 15 is 0 Å². The summed E-state index contributed by atoms with van der Waals surface area (Å²) in [6.45, 7) is 7.77. The molecule has 1 aromatic heterocycles. The van der Waals surface area contributed by atoms with E-state index in [0.717, 1.165) is 6.42 Å². The Labute approximate surface area is 248 Å². The summed E-state index contributed by atoms with van der Waals surface area (Å²) >= 11 is 0. The van der Waals surface area contributed by atoms with Crippen LogP contribution in [0.25, 0.3) is 0 Å². The van der Waals surface area contributed by atoms with Crippen LogP contribution in [0.2, 0.25) is 0 Å². The Balaban J connectivity index is 1.60. The lowest BCUT2D eigenvalue weighted by Gasteiger charge is -2.44. The van der Waals surface area contributed by atoms with Crippen molar-refractivity contribution in [2.24, 2.45) is 5.92 Å². The maximum absolute atomic E-state index is 14.0. The lowest BCUT2D eigenvalue weighted by atomic mass is 9.96. The number of fused-ring (bicyclic) bond motifs is 1. The number of carboxylic acid groups (broad SMARTS) is 1. The van der Waals surface area contributed by atoms with Crippen molar-refractivity contribution in [3.05, 3.63) is 58.4 Å². The summed E-state index contributed by atoms with van der Waals surface area (Å²) in [6, 6.07) is 4.57. The van der Waals surface area contributed by atoms with Gasteiger partial charge in [0, 0.05) is 56.5 Å². The number of benzene rings is 1. The third-order valence-corrected chi connectivity index (χ3v) is 8.05. The highest BCUT2D eigenvalue weighted by molar-refractivity contribution is 5.77. The van der Waals surface area contributed by atoms with Gasteiger partial charge in [0.2, 0.25) is 5.91 Å². The molecular weight excluding hydrogens is 570 g/mol. The second-order valence-electron chi connectivity index (χ2n) is 12.6. The highest BCUT2D eigenvalue weighted by Gasteiger charge is 2.41. The summed E-state index contributed by atoms with van der Waals surface area (Å²) in [5.41, 5.74) is -1.23. The molecule has 43 heavy (non-hydrogen) atoms. The average molecular weight is 610 g/mol. The summed E-state index contributed by atoms with van der Waals surface area (Å²) < 4.78 is 55.5. The summed E-state index contributed by atoms with van der Waals surface area (Å²) in [4.78, 5) is 37.8. The number of alkyl halides is 3. The predicted molar refractivity (Wildman–Crippen MR) is 149 cm³/mol. The molecule has 0 bridgehead atoms. The molecule has 0 radical (unpaired) electrons. The largest absolute Gasteiger partial charge is 0.465 e. The Morgan fingerprint density at radius 2 is 1.81 bits per heavy atom. The van der Waals surface area contributed by atoms with E-state index in [-0.39, 0.29) is 67.8 Å². The number of piperidine rings is 1. The summed E-state index contributed by atoms with van der Waals surface area (Å²) in [6.07, 6.45) is -6.18. The molecule has 2 amide bonds. The van der Waals surface area contributed by atoms with Gasteiger partial charge in [0.25, 0.3) is 0 Å². The molecule has 1 fully saturated rings. The Morgan fingerprint density at radius 1 is 1.14 bits per heavy atom. The molecule has 9 nitrogen and oxygen atoms in total. The Morgan fingerprint density at radius 3 is 2.42 bits per heavy atom. The van der Waals surface area contributed by atoms with Gasteiger partial charge in [-0.05, 0) is 57.2 Å². The van der Waals surface area contributed by atoms with Gasteiger partial charge in [-0.3, -0.25) is 14.6 Å². The van der Waals surface area contributed by atoms with Gasteiger partial charge in [0.15, 0.2) is 5.69 Å².